The Morgan fingerprint density at radius 1 is 1.33 bits per heavy atom. The van der Waals surface area contributed by atoms with Gasteiger partial charge in [-0.15, -0.1) is 0 Å². The van der Waals surface area contributed by atoms with Gasteiger partial charge < -0.3 is 19.7 Å². The van der Waals surface area contributed by atoms with Crippen molar-refractivity contribution in [1.82, 2.24) is 10.2 Å². The van der Waals surface area contributed by atoms with Gasteiger partial charge in [-0.2, -0.15) is 0 Å². The van der Waals surface area contributed by atoms with Gasteiger partial charge in [0.15, 0.2) is 11.5 Å². The van der Waals surface area contributed by atoms with E-state index in [1.54, 1.807) is 11.9 Å². The van der Waals surface area contributed by atoms with Crippen LogP contribution >= 0.6 is 0 Å². The Balaban J connectivity index is 2.03. The molecule has 0 aromatic heterocycles. The van der Waals surface area contributed by atoms with Crippen LogP contribution in [0.25, 0.3) is 0 Å². The SMILES string of the molecule is CCNC(=O)N(C)Cc1ccc2c(c1)OCCO2. The number of benzene rings is 1. The topological polar surface area (TPSA) is 50.8 Å². The number of nitrogens with one attached hydrogen (secondary N) is 1. The minimum atomic E-state index is -0.0765. The lowest BCUT2D eigenvalue weighted by Crippen LogP contribution is -2.36. The van der Waals surface area contributed by atoms with E-state index in [1.807, 2.05) is 25.1 Å². The van der Waals surface area contributed by atoms with Crippen LogP contribution < -0.4 is 14.8 Å². The summed E-state index contributed by atoms with van der Waals surface area (Å²) in [4.78, 5) is 13.2. The number of carbonyl (C=O) groups excluding carboxylic acids is 1. The fraction of sp³-hybridized carbons (Fsp3) is 0.462. The molecule has 1 aliphatic heterocycles. The van der Waals surface area contributed by atoms with Gasteiger partial charge in [-0.25, -0.2) is 4.79 Å². The maximum atomic E-state index is 11.6. The molecule has 2 rings (SSSR count). The highest BCUT2D eigenvalue weighted by Gasteiger charge is 2.13. The molecule has 0 bridgehead atoms. The van der Waals surface area contributed by atoms with Gasteiger partial charge in [0, 0.05) is 20.1 Å². The number of hydrogen-bond donors (Lipinski definition) is 1. The van der Waals surface area contributed by atoms with E-state index in [0.29, 0.717) is 26.3 Å². The zero-order valence-electron chi connectivity index (χ0n) is 10.7. The molecule has 0 aliphatic carbocycles. The van der Waals surface area contributed by atoms with Crippen LogP contribution in [0.4, 0.5) is 4.79 Å². The first-order valence-electron chi connectivity index (χ1n) is 6.08. The predicted molar refractivity (Wildman–Crippen MR) is 68.0 cm³/mol. The number of fused-ring (bicyclic) bond motifs is 1. The number of hydrogen-bond acceptors (Lipinski definition) is 3. The largest absolute Gasteiger partial charge is 0.486 e. The van der Waals surface area contributed by atoms with E-state index in [1.165, 1.54) is 0 Å². The Labute approximate surface area is 107 Å². The molecule has 1 aromatic carbocycles. The Hall–Kier alpha value is -1.91. The highest BCUT2D eigenvalue weighted by Crippen LogP contribution is 2.30. The summed E-state index contributed by atoms with van der Waals surface area (Å²) < 4.78 is 11.0. The quantitative estimate of drug-likeness (QED) is 0.887. The Bertz CT molecular complexity index is 434. The fourth-order valence-electron chi connectivity index (χ4n) is 1.82. The van der Waals surface area contributed by atoms with Crippen molar-refractivity contribution < 1.29 is 14.3 Å². The molecule has 2 amide bonds. The minimum absolute atomic E-state index is 0.0765. The van der Waals surface area contributed by atoms with E-state index in [4.69, 9.17) is 9.47 Å². The van der Waals surface area contributed by atoms with Gasteiger partial charge in [0.2, 0.25) is 0 Å². The van der Waals surface area contributed by atoms with Crippen LogP contribution in [-0.4, -0.2) is 37.7 Å². The Morgan fingerprint density at radius 3 is 2.78 bits per heavy atom. The highest BCUT2D eigenvalue weighted by molar-refractivity contribution is 5.73. The second-order valence-corrected chi connectivity index (χ2v) is 4.17. The van der Waals surface area contributed by atoms with Gasteiger partial charge in [-0.05, 0) is 24.6 Å². The van der Waals surface area contributed by atoms with E-state index in [9.17, 15) is 4.79 Å². The number of rotatable bonds is 3. The maximum Gasteiger partial charge on any atom is 0.317 e. The fourth-order valence-corrected chi connectivity index (χ4v) is 1.82. The molecule has 1 heterocycles. The lowest BCUT2D eigenvalue weighted by molar-refractivity contribution is 0.171. The minimum Gasteiger partial charge on any atom is -0.486 e. The lowest BCUT2D eigenvalue weighted by atomic mass is 10.2. The average molecular weight is 250 g/mol. The molecule has 18 heavy (non-hydrogen) atoms. The van der Waals surface area contributed by atoms with Crippen molar-refractivity contribution >= 4 is 6.03 Å². The summed E-state index contributed by atoms with van der Waals surface area (Å²) in [6, 6.07) is 5.68. The van der Waals surface area contributed by atoms with Crippen LogP contribution in [0.1, 0.15) is 12.5 Å². The van der Waals surface area contributed by atoms with Crippen molar-refractivity contribution in [3.8, 4) is 11.5 Å². The first kappa shape index (κ1) is 12.5. The van der Waals surface area contributed by atoms with Crippen molar-refractivity contribution in [2.75, 3.05) is 26.8 Å². The summed E-state index contributed by atoms with van der Waals surface area (Å²) in [5, 5.41) is 2.76. The van der Waals surface area contributed by atoms with Crippen LogP contribution in [-0.2, 0) is 6.54 Å². The van der Waals surface area contributed by atoms with Gasteiger partial charge in [0.1, 0.15) is 13.2 Å². The molecule has 0 spiro atoms. The Morgan fingerprint density at radius 2 is 2.06 bits per heavy atom. The van der Waals surface area contributed by atoms with Crippen molar-refractivity contribution in [2.24, 2.45) is 0 Å². The summed E-state index contributed by atoms with van der Waals surface area (Å²) in [5.41, 5.74) is 1.02. The van der Waals surface area contributed by atoms with Crippen molar-refractivity contribution in [1.29, 1.82) is 0 Å². The first-order chi connectivity index (χ1) is 8.70. The summed E-state index contributed by atoms with van der Waals surface area (Å²) in [7, 11) is 1.77. The molecule has 0 atom stereocenters. The average Bonchev–Trinajstić information content (AvgIpc) is 2.39. The number of urea groups is 1. The molecule has 98 valence electrons. The molecule has 1 aliphatic rings. The zero-order chi connectivity index (χ0) is 13.0. The number of ether oxygens (including phenoxy) is 2. The molecule has 0 radical (unpaired) electrons. The summed E-state index contributed by atoms with van der Waals surface area (Å²) in [6.45, 7) is 4.23. The molecule has 1 aromatic rings. The summed E-state index contributed by atoms with van der Waals surface area (Å²) in [6.07, 6.45) is 0. The van der Waals surface area contributed by atoms with E-state index in [0.717, 1.165) is 17.1 Å². The highest BCUT2D eigenvalue weighted by atomic mass is 16.6. The third-order valence-electron chi connectivity index (χ3n) is 2.70. The molecular weight excluding hydrogens is 232 g/mol. The molecule has 0 fully saturated rings. The second kappa shape index (κ2) is 5.62. The molecule has 0 saturated carbocycles. The molecular formula is C13H18N2O3. The monoisotopic (exact) mass is 250 g/mol. The van der Waals surface area contributed by atoms with Crippen molar-refractivity contribution in [3.63, 3.8) is 0 Å². The molecule has 0 unspecified atom stereocenters. The summed E-state index contributed by atoms with van der Waals surface area (Å²) in [5.74, 6) is 1.52. The first-order valence-corrected chi connectivity index (χ1v) is 6.08. The number of amides is 2. The standard InChI is InChI=1S/C13H18N2O3/c1-3-14-13(16)15(2)9-10-4-5-11-12(8-10)18-7-6-17-11/h4-5,8H,3,6-7,9H2,1-2H3,(H,14,16). The van der Waals surface area contributed by atoms with Gasteiger partial charge in [-0.3, -0.25) is 0 Å². The number of carbonyl (C=O) groups is 1. The van der Waals surface area contributed by atoms with Crippen molar-refractivity contribution in [2.45, 2.75) is 13.5 Å². The van der Waals surface area contributed by atoms with E-state index in [2.05, 4.69) is 5.32 Å². The van der Waals surface area contributed by atoms with E-state index in [-0.39, 0.29) is 6.03 Å². The van der Waals surface area contributed by atoms with Crippen LogP contribution in [0.3, 0.4) is 0 Å². The lowest BCUT2D eigenvalue weighted by Gasteiger charge is -2.21. The zero-order valence-corrected chi connectivity index (χ0v) is 10.7. The molecule has 0 saturated heterocycles. The van der Waals surface area contributed by atoms with Gasteiger partial charge in [0.25, 0.3) is 0 Å². The third-order valence-corrected chi connectivity index (χ3v) is 2.70. The normalized spacial score (nSPS) is 13.0. The van der Waals surface area contributed by atoms with E-state index >= 15 is 0 Å². The van der Waals surface area contributed by atoms with Crippen LogP contribution in [0, 0.1) is 0 Å². The Kier molecular flexibility index (Phi) is 3.92. The van der Waals surface area contributed by atoms with E-state index < -0.39 is 0 Å². The van der Waals surface area contributed by atoms with Crippen LogP contribution in [0.15, 0.2) is 18.2 Å². The maximum absolute atomic E-state index is 11.6. The molecule has 1 N–H and O–H groups in total. The number of nitrogens with zero attached hydrogens (tertiary/aromatic N) is 1. The van der Waals surface area contributed by atoms with Crippen LogP contribution in [0.5, 0.6) is 11.5 Å². The predicted octanol–water partition coefficient (Wildman–Crippen LogP) is 1.62. The second-order valence-electron chi connectivity index (χ2n) is 4.17. The van der Waals surface area contributed by atoms with Gasteiger partial charge in [0.05, 0.1) is 0 Å². The van der Waals surface area contributed by atoms with Crippen LogP contribution in [0.2, 0.25) is 0 Å². The molecule has 5 heteroatoms. The van der Waals surface area contributed by atoms with Gasteiger partial charge >= 0.3 is 6.03 Å². The summed E-state index contributed by atoms with van der Waals surface area (Å²) >= 11 is 0. The smallest absolute Gasteiger partial charge is 0.317 e. The molecule has 5 nitrogen and oxygen atoms in total. The van der Waals surface area contributed by atoms with Crippen molar-refractivity contribution in [3.05, 3.63) is 23.8 Å². The third kappa shape index (κ3) is 2.85. The van der Waals surface area contributed by atoms with Gasteiger partial charge in [-0.1, -0.05) is 6.07 Å².